The highest BCUT2D eigenvalue weighted by Crippen LogP contribution is 2.38. The van der Waals surface area contributed by atoms with Crippen LogP contribution in [0.25, 0.3) is 21.5 Å². The number of rotatable bonds is 7. The maximum atomic E-state index is 6.27. The van der Waals surface area contributed by atoms with E-state index in [1.807, 2.05) is 0 Å². The van der Waals surface area contributed by atoms with Crippen LogP contribution in [0.3, 0.4) is 0 Å². The Morgan fingerprint density at radius 2 is 1.13 bits per heavy atom. The van der Waals surface area contributed by atoms with Crippen LogP contribution in [-0.4, -0.2) is 18.6 Å². The molecule has 0 unspecified atom stereocenters. The lowest BCUT2D eigenvalue weighted by molar-refractivity contribution is 0.0914. The van der Waals surface area contributed by atoms with Crippen LogP contribution < -0.4 is 9.47 Å². The maximum Gasteiger partial charge on any atom is 0.119 e. The van der Waals surface area contributed by atoms with Gasteiger partial charge in [-0.1, -0.05) is 60.7 Å². The number of ether oxygens (including phenoxy) is 2. The third kappa shape index (κ3) is 4.24. The molecule has 0 atom stereocenters. The third-order valence-electron chi connectivity index (χ3n) is 6.15. The average Bonchev–Trinajstić information content (AvgIpc) is 2.77. The van der Waals surface area contributed by atoms with Crippen LogP contribution in [0.2, 0.25) is 0 Å². The molecule has 0 N–H and O–H groups in total. The fourth-order valence-electron chi connectivity index (χ4n) is 4.21. The van der Waals surface area contributed by atoms with Gasteiger partial charge in [-0.2, -0.15) is 0 Å². The molecule has 0 aromatic heterocycles. The summed E-state index contributed by atoms with van der Waals surface area (Å²) in [6.45, 7) is 1.28. The van der Waals surface area contributed by atoms with E-state index in [1.54, 1.807) is 0 Å². The molecule has 152 valence electrons. The highest BCUT2D eigenvalue weighted by molar-refractivity contribution is 6.21. The summed E-state index contributed by atoms with van der Waals surface area (Å²) in [7, 11) is 0. The summed E-state index contributed by atoms with van der Waals surface area (Å²) in [6.07, 6.45) is 2.07. The van der Waals surface area contributed by atoms with Crippen molar-refractivity contribution in [3.8, 4) is 11.5 Å². The Morgan fingerprint density at radius 1 is 0.667 bits per heavy atom. The second-order valence-electron chi connectivity index (χ2n) is 8.23. The normalized spacial score (nSPS) is 18.5. The summed E-state index contributed by atoms with van der Waals surface area (Å²) in [5.74, 6) is 2.68. The molecule has 1 fully saturated rings. The second-order valence-corrected chi connectivity index (χ2v) is 8.85. The quantitative estimate of drug-likeness (QED) is 0.299. The number of alkyl halides is 1. The van der Waals surface area contributed by atoms with Crippen molar-refractivity contribution in [2.45, 2.75) is 18.2 Å². The van der Waals surface area contributed by atoms with Gasteiger partial charge >= 0.3 is 0 Å². The zero-order valence-electron chi connectivity index (χ0n) is 16.8. The molecule has 0 heterocycles. The van der Waals surface area contributed by atoms with Crippen molar-refractivity contribution in [3.05, 3.63) is 84.9 Å². The average molecular weight is 417 g/mol. The lowest BCUT2D eigenvalue weighted by atomic mass is 9.76. The fraction of sp³-hybridized carbons (Fsp3) is 0.259. The minimum Gasteiger partial charge on any atom is -0.493 e. The SMILES string of the molecule is ClC1CC(C(COc2ccc3ccccc3c2)COc2ccc3ccccc3c2)C1. The first kappa shape index (κ1) is 19.3. The first-order chi connectivity index (χ1) is 14.7. The van der Waals surface area contributed by atoms with Gasteiger partial charge in [0.1, 0.15) is 11.5 Å². The summed E-state index contributed by atoms with van der Waals surface area (Å²) >= 11 is 6.27. The molecule has 0 saturated heterocycles. The second kappa shape index (κ2) is 8.57. The Hall–Kier alpha value is -2.71. The van der Waals surface area contributed by atoms with Crippen LogP contribution in [0, 0.1) is 11.8 Å². The van der Waals surface area contributed by atoms with E-state index < -0.39 is 0 Å². The largest absolute Gasteiger partial charge is 0.493 e. The molecular formula is C27H25ClO2. The molecule has 1 saturated carbocycles. The molecule has 1 aliphatic rings. The van der Waals surface area contributed by atoms with Crippen molar-refractivity contribution in [3.63, 3.8) is 0 Å². The number of fused-ring (bicyclic) bond motifs is 2. The first-order valence-electron chi connectivity index (χ1n) is 10.6. The Kier molecular flexibility index (Phi) is 5.50. The van der Waals surface area contributed by atoms with Crippen LogP contribution >= 0.6 is 11.6 Å². The predicted octanol–water partition coefficient (Wildman–Crippen LogP) is 7.08. The summed E-state index contributed by atoms with van der Waals surface area (Å²) in [6, 6.07) is 29.3. The standard InChI is InChI=1S/C27H25ClO2/c28-25-13-23(14-25)24(17-29-26-11-9-19-5-1-3-7-21(19)15-26)18-30-27-12-10-20-6-2-4-8-22(20)16-27/h1-12,15-16,23-25H,13-14,17-18H2. The van der Waals surface area contributed by atoms with Gasteiger partial charge in [-0.15, -0.1) is 11.6 Å². The summed E-state index contributed by atoms with van der Waals surface area (Å²) in [5.41, 5.74) is 0. The van der Waals surface area contributed by atoms with Gasteiger partial charge in [0.25, 0.3) is 0 Å². The van der Waals surface area contributed by atoms with E-state index in [4.69, 9.17) is 21.1 Å². The minimum atomic E-state index is 0.291. The monoisotopic (exact) mass is 416 g/mol. The Balaban J connectivity index is 1.26. The highest BCUT2D eigenvalue weighted by Gasteiger charge is 2.34. The molecule has 0 bridgehead atoms. The van der Waals surface area contributed by atoms with Gasteiger partial charge < -0.3 is 9.47 Å². The van der Waals surface area contributed by atoms with Crippen LogP contribution in [0.4, 0.5) is 0 Å². The van der Waals surface area contributed by atoms with Gasteiger partial charge in [-0.25, -0.2) is 0 Å². The van der Waals surface area contributed by atoms with Crippen LogP contribution in [0.15, 0.2) is 84.9 Å². The molecule has 0 radical (unpaired) electrons. The van der Waals surface area contributed by atoms with Crippen LogP contribution in [-0.2, 0) is 0 Å². The fourth-order valence-corrected chi connectivity index (χ4v) is 4.67. The van der Waals surface area contributed by atoms with Gasteiger partial charge in [0, 0.05) is 11.3 Å². The third-order valence-corrected chi connectivity index (χ3v) is 6.51. The molecular weight excluding hydrogens is 392 g/mol. The zero-order valence-corrected chi connectivity index (χ0v) is 17.6. The Bertz CT molecular complexity index is 1070. The molecule has 0 amide bonds. The van der Waals surface area contributed by atoms with E-state index in [1.165, 1.54) is 21.5 Å². The predicted molar refractivity (Wildman–Crippen MR) is 125 cm³/mol. The molecule has 1 aliphatic carbocycles. The molecule has 3 heteroatoms. The van der Waals surface area contributed by atoms with Crippen molar-refractivity contribution < 1.29 is 9.47 Å². The van der Waals surface area contributed by atoms with Crippen molar-refractivity contribution in [2.75, 3.05) is 13.2 Å². The topological polar surface area (TPSA) is 18.5 Å². The first-order valence-corrected chi connectivity index (χ1v) is 11.1. The Morgan fingerprint density at radius 3 is 1.60 bits per heavy atom. The number of halogens is 1. The number of hydrogen-bond donors (Lipinski definition) is 0. The van der Waals surface area contributed by atoms with Crippen LogP contribution in [0.5, 0.6) is 11.5 Å². The molecule has 0 aliphatic heterocycles. The van der Waals surface area contributed by atoms with E-state index in [-0.39, 0.29) is 0 Å². The zero-order chi connectivity index (χ0) is 20.3. The molecule has 4 aromatic rings. The molecule has 30 heavy (non-hydrogen) atoms. The maximum absolute atomic E-state index is 6.27. The van der Waals surface area contributed by atoms with E-state index >= 15 is 0 Å². The lowest BCUT2D eigenvalue weighted by Crippen LogP contribution is -2.37. The summed E-state index contributed by atoms with van der Waals surface area (Å²) in [4.78, 5) is 0. The van der Waals surface area contributed by atoms with E-state index in [9.17, 15) is 0 Å². The molecule has 2 nitrogen and oxygen atoms in total. The summed E-state index contributed by atoms with van der Waals surface area (Å²) in [5, 5.41) is 5.14. The Labute approximate surface area is 182 Å². The highest BCUT2D eigenvalue weighted by atomic mass is 35.5. The number of benzene rings is 4. The van der Waals surface area contributed by atoms with E-state index in [0.717, 1.165) is 24.3 Å². The van der Waals surface area contributed by atoms with Gasteiger partial charge in [0.2, 0.25) is 0 Å². The van der Waals surface area contributed by atoms with E-state index in [2.05, 4.69) is 84.9 Å². The van der Waals surface area contributed by atoms with Gasteiger partial charge in [-0.05, 0) is 64.6 Å². The lowest BCUT2D eigenvalue weighted by Gasteiger charge is -2.37. The molecule has 0 spiro atoms. The molecule has 4 aromatic carbocycles. The van der Waals surface area contributed by atoms with E-state index in [0.29, 0.717) is 30.4 Å². The molecule has 5 rings (SSSR count). The van der Waals surface area contributed by atoms with Crippen molar-refractivity contribution >= 4 is 33.1 Å². The van der Waals surface area contributed by atoms with Gasteiger partial charge in [0.15, 0.2) is 0 Å². The van der Waals surface area contributed by atoms with Gasteiger partial charge in [-0.3, -0.25) is 0 Å². The number of hydrogen-bond acceptors (Lipinski definition) is 2. The van der Waals surface area contributed by atoms with Crippen molar-refractivity contribution in [1.82, 2.24) is 0 Å². The summed E-state index contributed by atoms with van der Waals surface area (Å²) < 4.78 is 12.4. The minimum absolute atomic E-state index is 0.291. The van der Waals surface area contributed by atoms with Crippen molar-refractivity contribution in [2.24, 2.45) is 11.8 Å². The van der Waals surface area contributed by atoms with Crippen LogP contribution in [0.1, 0.15) is 12.8 Å². The van der Waals surface area contributed by atoms with Gasteiger partial charge in [0.05, 0.1) is 13.2 Å². The smallest absolute Gasteiger partial charge is 0.119 e. The van der Waals surface area contributed by atoms with Crippen molar-refractivity contribution in [1.29, 1.82) is 0 Å².